The van der Waals surface area contributed by atoms with E-state index in [1.54, 1.807) is 30.3 Å². The third-order valence-corrected chi connectivity index (χ3v) is 5.59. The van der Waals surface area contributed by atoms with Gasteiger partial charge >= 0.3 is 5.97 Å². The highest BCUT2D eigenvalue weighted by Gasteiger charge is 2.30. The van der Waals surface area contributed by atoms with Crippen LogP contribution in [0.1, 0.15) is 37.7 Å². The van der Waals surface area contributed by atoms with E-state index in [4.69, 9.17) is 22.9 Å². The Morgan fingerprint density at radius 2 is 1.42 bits per heavy atom. The second-order valence-electron chi connectivity index (χ2n) is 8.73. The molecule has 0 bridgehead atoms. The van der Waals surface area contributed by atoms with Crippen molar-refractivity contribution >= 4 is 29.7 Å². The molecule has 14 heteroatoms. The van der Waals surface area contributed by atoms with Crippen LogP contribution in [-0.4, -0.2) is 83.7 Å². The molecule has 212 valence electrons. The number of nitrogens with two attached hydrogens (primary N) is 4. The number of rotatable bonds is 18. The van der Waals surface area contributed by atoms with Crippen LogP contribution in [-0.2, 0) is 25.6 Å². The van der Waals surface area contributed by atoms with E-state index in [0.717, 1.165) is 5.56 Å². The predicted octanol–water partition coefficient (Wildman–Crippen LogP) is -2.73. The number of carboxylic acids is 1. The molecule has 4 atom stereocenters. The van der Waals surface area contributed by atoms with Gasteiger partial charge in [-0.1, -0.05) is 30.3 Å². The number of hydrogen-bond donors (Lipinski definition) is 9. The largest absolute Gasteiger partial charge is 0.480 e. The molecule has 13 N–H and O–H groups in total. The fourth-order valence-electron chi connectivity index (χ4n) is 3.49. The fourth-order valence-corrected chi connectivity index (χ4v) is 3.49. The average Bonchev–Trinajstić information content (AvgIpc) is 2.89. The number of amides is 3. The first-order chi connectivity index (χ1) is 18.1. The summed E-state index contributed by atoms with van der Waals surface area (Å²) in [6.07, 6.45) is 1.75. The summed E-state index contributed by atoms with van der Waals surface area (Å²) in [5, 5.41) is 26.3. The number of hydrogen-bond acceptors (Lipinski definition) is 8. The quantitative estimate of drug-likeness (QED) is 0.0531. The number of aliphatic carboxylic acids is 1. The molecule has 0 fully saturated rings. The van der Waals surface area contributed by atoms with Gasteiger partial charge in [0.1, 0.15) is 24.2 Å². The summed E-state index contributed by atoms with van der Waals surface area (Å²) in [4.78, 5) is 54.2. The Labute approximate surface area is 221 Å². The van der Waals surface area contributed by atoms with Gasteiger partial charge in [-0.2, -0.15) is 0 Å². The smallest absolute Gasteiger partial charge is 0.326 e. The van der Waals surface area contributed by atoms with E-state index in [1.807, 2.05) is 0 Å². The number of aliphatic hydroxyl groups is 1. The Kier molecular flexibility index (Phi) is 15.0. The number of nitrogens with zero attached hydrogens (tertiary/aromatic N) is 1. The lowest BCUT2D eigenvalue weighted by molar-refractivity contribution is -0.142. The molecule has 0 heterocycles. The molecule has 0 saturated heterocycles. The van der Waals surface area contributed by atoms with Crippen molar-refractivity contribution in [1.82, 2.24) is 16.0 Å². The number of aliphatic hydroxyl groups excluding tert-OH is 1. The summed E-state index contributed by atoms with van der Waals surface area (Å²) < 4.78 is 0. The summed E-state index contributed by atoms with van der Waals surface area (Å²) in [6.45, 7) is -0.0534. The van der Waals surface area contributed by atoms with Gasteiger partial charge in [-0.15, -0.1) is 0 Å². The van der Waals surface area contributed by atoms with Gasteiger partial charge in [0.15, 0.2) is 5.96 Å². The topological polar surface area (TPSA) is 261 Å². The molecule has 1 aromatic rings. The minimum absolute atomic E-state index is 0.0678. The van der Waals surface area contributed by atoms with E-state index in [-0.39, 0.29) is 31.8 Å². The molecule has 1 rings (SSSR count). The van der Waals surface area contributed by atoms with Crippen molar-refractivity contribution in [3.8, 4) is 0 Å². The first kappa shape index (κ1) is 32.3. The van der Waals surface area contributed by atoms with E-state index in [1.165, 1.54) is 0 Å². The molecular weight excluding hydrogens is 496 g/mol. The number of carbonyl (C=O) groups is 4. The number of unbranched alkanes of at least 4 members (excludes halogenated alkanes) is 1. The van der Waals surface area contributed by atoms with Gasteiger partial charge < -0.3 is 49.1 Å². The van der Waals surface area contributed by atoms with Gasteiger partial charge in [-0.05, 0) is 44.2 Å². The van der Waals surface area contributed by atoms with Crippen molar-refractivity contribution in [3.63, 3.8) is 0 Å². The van der Waals surface area contributed by atoms with Crippen molar-refractivity contribution in [1.29, 1.82) is 0 Å². The Hall–Kier alpha value is -3.75. The van der Waals surface area contributed by atoms with E-state index in [9.17, 15) is 29.4 Å². The van der Waals surface area contributed by atoms with Crippen LogP contribution in [0.3, 0.4) is 0 Å². The zero-order valence-corrected chi connectivity index (χ0v) is 21.3. The molecule has 14 nitrogen and oxygen atoms in total. The Morgan fingerprint density at radius 1 is 0.842 bits per heavy atom. The molecule has 0 spiro atoms. The van der Waals surface area contributed by atoms with Gasteiger partial charge in [0.05, 0.1) is 6.61 Å². The minimum atomic E-state index is -1.25. The van der Waals surface area contributed by atoms with Crippen LogP contribution in [0.25, 0.3) is 0 Å². The van der Waals surface area contributed by atoms with E-state index in [0.29, 0.717) is 25.8 Å². The second-order valence-corrected chi connectivity index (χ2v) is 8.73. The van der Waals surface area contributed by atoms with Crippen LogP contribution in [0, 0.1) is 0 Å². The molecule has 38 heavy (non-hydrogen) atoms. The van der Waals surface area contributed by atoms with Crippen LogP contribution >= 0.6 is 0 Å². The fraction of sp³-hybridized carbons (Fsp3) is 0.542. The van der Waals surface area contributed by atoms with Crippen LogP contribution in [0.15, 0.2) is 35.3 Å². The molecule has 0 radical (unpaired) electrons. The van der Waals surface area contributed by atoms with Gasteiger partial charge in [0, 0.05) is 13.0 Å². The average molecular weight is 537 g/mol. The third-order valence-electron chi connectivity index (χ3n) is 5.59. The van der Waals surface area contributed by atoms with Crippen molar-refractivity contribution in [3.05, 3.63) is 35.9 Å². The number of carboxylic acid groups (broad SMARTS) is 1. The Balaban J connectivity index is 3.10. The normalized spacial score (nSPS) is 13.9. The lowest BCUT2D eigenvalue weighted by Gasteiger charge is -2.25. The van der Waals surface area contributed by atoms with Crippen molar-refractivity contribution in [2.45, 2.75) is 62.7 Å². The molecule has 0 aliphatic heterocycles. The zero-order valence-electron chi connectivity index (χ0n) is 21.3. The summed E-state index contributed by atoms with van der Waals surface area (Å²) in [5.74, 6) is -3.48. The lowest BCUT2D eigenvalue weighted by Crippen LogP contribution is -2.58. The summed E-state index contributed by atoms with van der Waals surface area (Å²) in [7, 11) is 0. The van der Waals surface area contributed by atoms with Gasteiger partial charge in [-0.25, -0.2) is 4.79 Å². The highest BCUT2D eigenvalue weighted by Crippen LogP contribution is 2.08. The van der Waals surface area contributed by atoms with Crippen LogP contribution in [0.2, 0.25) is 0 Å². The number of nitrogens with one attached hydrogen (secondary N) is 3. The van der Waals surface area contributed by atoms with E-state index < -0.39 is 54.5 Å². The van der Waals surface area contributed by atoms with Gasteiger partial charge in [-0.3, -0.25) is 19.4 Å². The number of benzene rings is 1. The summed E-state index contributed by atoms with van der Waals surface area (Å²) in [6, 6.07) is 4.16. The van der Waals surface area contributed by atoms with Crippen molar-refractivity contribution in [2.24, 2.45) is 27.9 Å². The van der Waals surface area contributed by atoms with Crippen molar-refractivity contribution in [2.75, 3.05) is 19.7 Å². The van der Waals surface area contributed by atoms with E-state index >= 15 is 0 Å². The Bertz CT molecular complexity index is 926. The molecule has 0 aliphatic rings. The van der Waals surface area contributed by atoms with Crippen LogP contribution in [0.5, 0.6) is 0 Å². The standard InChI is InChI=1S/C24H40N8O6/c25-11-5-4-9-18(23(37)38)31-22(36)19(13-15-7-2-1-3-8-15)32-21(35)17(10-6-12-29-24(27)28)30-20(34)16(26)14-33/h1-3,7-8,16-19,33H,4-6,9-14,25-26H2,(H,30,34)(H,31,36)(H,32,35)(H,37,38)(H4,27,28,29). The molecule has 0 aliphatic carbocycles. The van der Waals surface area contributed by atoms with Crippen molar-refractivity contribution < 1.29 is 29.4 Å². The van der Waals surface area contributed by atoms with Gasteiger partial charge in [0.25, 0.3) is 0 Å². The third kappa shape index (κ3) is 12.5. The van der Waals surface area contributed by atoms with Crippen LogP contribution in [0.4, 0.5) is 0 Å². The molecule has 0 aromatic heterocycles. The zero-order chi connectivity index (χ0) is 28.5. The molecular formula is C24H40N8O6. The Morgan fingerprint density at radius 3 is 2.00 bits per heavy atom. The maximum Gasteiger partial charge on any atom is 0.326 e. The SMILES string of the molecule is NCCCCC(NC(=O)C(Cc1ccccc1)NC(=O)C(CCCN=C(N)N)NC(=O)C(N)CO)C(=O)O. The maximum atomic E-state index is 13.2. The minimum Gasteiger partial charge on any atom is -0.480 e. The highest BCUT2D eigenvalue weighted by atomic mass is 16.4. The number of aliphatic imine (C=N–C) groups is 1. The number of carbonyl (C=O) groups excluding carboxylic acids is 3. The first-order valence-corrected chi connectivity index (χ1v) is 12.4. The van der Waals surface area contributed by atoms with Gasteiger partial charge in [0.2, 0.25) is 17.7 Å². The first-order valence-electron chi connectivity index (χ1n) is 12.4. The maximum absolute atomic E-state index is 13.2. The summed E-state index contributed by atoms with van der Waals surface area (Å²) in [5.41, 5.74) is 22.4. The molecule has 4 unspecified atom stereocenters. The summed E-state index contributed by atoms with van der Waals surface area (Å²) >= 11 is 0. The van der Waals surface area contributed by atoms with Crippen LogP contribution < -0.4 is 38.9 Å². The molecule has 1 aromatic carbocycles. The lowest BCUT2D eigenvalue weighted by atomic mass is 10.0. The molecule has 3 amide bonds. The highest BCUT2D eigenvalue weighted by molar-refractivity contribution is 5.94. The number of guanidine groups is 1. The predicted molar refractivity (Wildman–Crippen MR) is 141 cm³/mol. The molecule has 0 saturated carbocycles. The monoisotopic (exact) mass is 536 g/mol. The second kappa shape index (κ2) is 17.7. The van der Waals surface area contributed by atoms with E-state index in [2.05, 4.69) is 20.9 Å².